The first kappa shape index (κ1) is 25.6. The molecule has 1 heterocycles. The SMILES string of the molecule is CC.CC.CC(C)(C)c1ccc(-c2ccc(-c3ccc(C(C)(C)C)cn3)cc2)cc1. The molecule has 3 rings (SSSR count). The summed E-state index contributed by atoms with van der Waals surface area (Å²) in [7, 11) is 0. The fourth-order valence-electron chi connectivity index (χ4n) is 3.00. The van der Waals surface area contributed by atoms with E-state index in [0.717, 1.165) is 11.3 Å². The second-order valence-electron chi connectivity index (χ2n) is 9.09. The topological polar surface area (TPSA) is 12.9 Å². The Morgan fingerprint density at radius 2 is 0.833 bits per heavy atom. The van der Waals surface area contributed by atoms with Gasteiger partial charge in [0.2, 0.25) is 0 Å². The van der Waals surface area contributed by atoms with Gasteiger partial charge in [-0.25, -0.2) is 0 Å². The van der Waals surface area contributed by atoms with Gasteiger partial charge in [0.05, 0.1) is 5.69 Å². The maximum absolute atomic E-state index is 4.66. The third-order valence-corrected chi connectivity index (χ3v) is 4.89. The third kappa shape index (κ3) is 6.83. The van der Waals surface area contributed by atoms with Crippen molar-refractivity contribution in [2.24, 2.45) is 0 Å². The van der Waals surface area contributed by atoms with Crippen molar-refractivity contribution in [3.63, 3.8) is 0 Å². The average molecular weight is 404 g/mol. The molecule has 0 radical (unpaired) electrons. The molecule has 3 aromatic rings. The number of nitrogens with zero attached hydrogens (tertiary/aromatic N) is 1. The number of hydrogen-bond acceptors (Lipinski definition) is 1. The number of pyridine rings is 1. The zero-order valence-corrected chi connectivity index (χ0v) is 20.8. The zero-order chi connectivity index (χ0) is 22.9. The minimum absolute atomic E-state index is 0.134. The predicted octanol–water partition coefficient (Wildman–Crippen LogP) is 9.06. The van der Waals surface area contributed by atoms with Crippen molar-refractivity contribution in [3.05, 3.63) is 78.0 Å². The lowest BCUT2D eigenvalue weighted by Gasteiger charge is -2.19. The van der Waals surface area contributed by atoms with Gasteiger partial charge < -0.3 is 0 Å². The van der Waals surface area contributed by atoms with Crippen molar-refractivity contribution in [2.45, 2.75) is 80.1 Å². The number of aromatic nitrogens is 1. The number of hydrogen-bond donors (Lipinski definition) is 0. The van der Waals surface area contributed by atoms with Crippen LogP contribution >= 0.6 is 0 Å². The molecule has 0 bridgehead atoms. The van der Waals surface area contributed by atoms with Crippen molar-refractivity contribution in [3.8, 4) is 22.4 Å². The lowest BCUT2D eigenvalue weighted by molar-refractivity contribution is 0.587. The van der Waals surface area contributed by atoms with Crippen molar-refractivity contribution in [1.29, 1.82) is 0 Å². The second kappa shape index (κ2) is 11.1. The second-order valence-corrected chi connectivity index (χ2v) is 9.09. The van der Waals surface area contributed by atoms with Crippen molar-refractivity contribution < 1.29 is 0 Å². The molecule has 0 aliphatic carbocycles. The molecule has 0 N–H and O–H groups in total. The maximum atomic E-state index is 4.66. The van der Waals surface area contributed by atoms with E-state index >= 15 is 0 Å². The molecule has 1 nitrogen and oxygen atoms in total. The molecule has 162 valence electrons. The summed E-state index contributed by atoms with van der Waals surface area (Å²) in [6, 6.07) is 21.9. The summed E-state index contributed by atoms with van der Waals surface area (Å²) in [4.78, 5) is 4.66. The molecule has 0 aliphatic heterocycles. The summed E-state index contributed by atoms with van der Waals surface area (Å²) >= 11 is 0. The highest BCUT2D eigenvalue weighted by atomic mass is 14.7. The summed E-state index contributed by atoms with van der Waals surface area (Å²) in [6.07, 6.45) is 1.99. The van der Waals surface area contributed by atoms with Crippen LogP contribution < -0.4 is 0 Å². The van der Waals surface area contributed by atoms with E-state index in [2.05, 4.69) is 107 Å². The number of rotatable bonds is 2. The van der Waals surface area contributed by atoms with Crippen LogP contribution in [0.5, 0.6) is 0 Å². The first-order chi connectivity index (χ1) is 14.1. The molecule has 30 heavy (non-hydrogen) atoms. The Kier molecular flexibility index (Phi) is 9.49. The van der Waals surface area contributed by atoms with E-state index in [1.807, 2.05) is 33.9 Å². The van der Waals surface area contributed by atoms with E-state index in [4.69, 9.17) is 0 Å². The Morgan fingerprint density at radius 3 is 1.20 bits per heavy atom. The Balaban J connectivity index is 0.00000106. The highest BCUT2D eigenvalue weighted by Gasteiger charge is 2.14. The fourth-order valence-corrected chi connectivity index (χ4v) is 3.00. The lowest BCUT2D eigenvalue weighted by atomic mass is 9.86. The Labute approximate surface area is 185 Å². The average Bonchev–Trinajstić information content (AvgIpc) is 2.76. The van der Waals surface area contributed by atoms with Crippen LogP contribution in [0, 0.1) is 0 Å². The third-order valence-electron chi connectivity index (χ3n) is 4.89. The molecule has 0 amide bonds. The highest BCUT2D eigenvalue weighted by Crippen LogP contribution is 2.28. The van der Waals surface area contributed by atoms with Crippen LogP contribution in [-0.2, 0) is 10.8 Å². The Bertz CT molecular complexity index is 780. The zero-order valence-electron chi connectivity index (χ0n) is 20.8. The highest BCUT2D eigenvalue weighted by molar-refractivity contribution is 5.69. The minimum Gasteiger partial charge on any atom is -0.256 e. The predicted molar refractivity (Wildman–Crippen MR) is 135 cm³/mol. The summed E-state index contributed by atoms with van der Waals surface area (Å²) in [5.74, 6) is 0. The molecule has 1 heteroatoms. The minimum atomic E-state index is 0.134. The standard InChI is InChI=1S/C25H29N.2C2H6/c1-24(2,3)21-13-11-19(12-14-21)18-7-9-20(10-8-18)23-16-15-22(17-26-23)25(4,5)6;2*1-2/h7-17H,1-6H3;2*1-2H3. The van der Waals surface area contributed by atoms with Crippen LogP contribution in [0.3, 0.4) is 0 Å². The van der Waals surface area contributed by atoms with Crippen LogP contribution in [-0.4, -0.2) is 4.98 Å². The Hall–Kier alpha value is -2.41. The first-order valence-electron chi connectivity index (χ1n) is 11.3. The molecular formula is C29H41N. The van der Waals surface area contributed by atoms with Crippen molar-refractivity contribution in [2.75, 3.05) is 0 Å². The van der Waals surface area contributed by atoms with E-state index in [1.165, 1.54) is 22.3 Å². The lowest BCUT2D eigenvalue weighted by Crippen LogP contribution is -2.11. The largest absolute Gasteiger partial charge is 0.256 e. The summed E-state index contributed by atoms with van der Waals surface area (Å²) in [6.45, 7) is 21.4. The van der Waals surface area contributed by atoms with E-state index < -0.39 is 0 Å². The van der Waals surface area contributed by atoms with Gasteiger partial charge in [0, 0.05) is 11.8 Å². The molecule has 0 fully saturated rings. The van der Waals surface area contributed by atoms with Gasteiger partial charge >= 0.3 is 0 Å². The van der Waals surface area contributed by atoms with Crippen molar-refractivity contribution in [1.82, 2.24) is 4.98 Å². The quantitative estimate of drug-likeness (QED) is 0.416. The fraction of sp³-hybridized carbons (Fsp3) is 0.414. The van der Waals surface area contributed by atoms with Gasteiger partial charge in [0.15, 0.2) is 0 Å². The normalized spacial score (nSPS) is 11.0. The molecule has 1 aromatic heterocycles. The van der Waals surface area contributed by atoms with Crippen LogP contribution in [0.2, 0.25) is 0 Å². The molecule has 0 unspecified atom stereocenters. The van der Waals surface area contributed by atoms with Gasteiger partial charge in [-0.1, -0.05) is 124 Å². The molecule has 2 aromatic carbocycles. The molecule has 0 atom stereocenters. The molecular weight excluding hydrogens is 362 g/mol. The Morgan fingerprint density at radius 1 is 0.467 bits per heavy atom. The summed E-state index contributed by atoms with van der Waals surface area (Å²) < 4.78 is 0. The van der Waals surface area contributed by atoms with Gasteiger partial charge in [0.1, 0.15) is 0 Å². The van der Waals surface area contributed by atoms with Gasteiger partial charge in [-0.15, -0.1) is 0 Å². The van der Waals surface area contributed by atoms with Crippen LogP contribution in [0.25, 0.3) is 22.4 Å². The van der Waals surface area contributed by atoms with Gasteiger partial charge in [0.25, 0.3) is 0 Å². The van der Waals surface area contributed by atoms with Gasteiger partial charge in [-0.05, 0) is 39.2 Å². The monoisotopic (exact) mass is 403 g/mol. The maximum Gasteiger partial charge on any atom is 0.0702 e. The van der Waals surface area contributed by atoms with E-state index in [-0.39, 0.29) is 10.8 Å². The van der Waals surface area contributed by atoms with Crippen LogP contribution in [0.1, 0.15) is 80.4 Å². The first-order valence-corrected chi connectivity index (χ1v) is 11.3. The van der Waals surface area contributed by atoms with E-state index in [0.29, 0.717) is 0 Å². The van der Waals surface area contributed by atoms with E-state index in [1.54, 1.807) is 0 Å². The van der Waals surface area contributed by atoms with Gasteiger partial charge in [-0.2, -0.15) is 0 Å². The van der Waals surface area contributed by atoms with Crippen molar-refractivity contribution >= 4 is 0 Å². The smallest absolute Gasteiger partial charge is 0.0702 e. The number of benzene rings is 2. The summed E-state index contributed by atoms with van der Waals surface area (Å²) in [5, 5.41) is 0. The van der Waals surface area contributed by atoms with Gasteiger partial charge in [-0.3, -0.25) is 4.98 Å². The van der Waals surface area contributed by atoms with Crippen LogP contribution in [0.4, 0.5) is 0 Å². The van der Waals surface area contributed by atoms with Crippen LogP contribution in [0.15, 0.2) is 66.9 Å². The molecule has 0 saturated carbocycles. The molecule has 0 spiro atoms. The molecule has 0 aliphatic rings. The summed E-state index contributed by atoms with van der Waals surface area (Å²) in [5.41, 5.74) is 7.61. The molecule has 0 saturated heterocycles. The van der Waals surface area contributed by atoms with E-state index in [9.17, 15) is 0 Å².